The standard InChI is InChI=1S/C12H15ClF3NO/c13-9-2-1-8(11(14)6-9)5-10(17)3-4-18-7-12(15)16/h1-2,6,10,12H,3-5,7,17H2. The summed E-state index contributed by atoms with van der Waals surface area (Å²) in [5.74, 6) is -0.411. The topological polar surface area (TPSA) is 35.2 Å². The summed E-state index contributed by atoms with van der Waals surface area (Å²) in [5.41, 5.74) is 6.22. The lowest BCUT2D eigenvalue weighted by atomic mass is 10.0. The van der Waals surface area contributed by atoms with E-state index in [0.29, 0.717) is 23.4 Å². The second kappa shape index (κ2) is 7.61. The Hall–Kier alpha value is -0.780. The van der Waals surface area contributed by atoms with Crippen LogP contribution < -0.4 is 5.73 Å². The monoisotopic (exact) mass is 281 g/mol. The maximum atomic E-state index is 13.4. The van der Waals surface area contributed by atoms with Crippen molar-refractivity contribution in [3.8, 4) is 0 Å². The van der Waals surface area contributed by atoms with Crippen molar-refractivity contribution in [3.05, 3.63) is 34.6 Å². The zero-order chi connectivity index (χ0) is 13.5. The second-order valence-electron chi connectivity index (χ2n) is 3.95. The summed E-state index contributed by atoms with van der Waals surface area (Å²) >= 11 is 5.62. The quantitative estimate of drug-likeness (QED) is 0.780. The van der Waals surface area contributed by atoms with Crippen LogP contribution in [0.2, 0.25) is 5.02 Å². The summed E-state index contributed by atoms with van der Waals surface area (Å²) in [5, 5.41) is 0.324. The zero-order valence-corrected chi connectivity index (χ0v) is 10.5. The molecule has 0 aliphatic rings. The van der Waals surface area contributed by atoms with Crippen LogP contribution in [0.15, 0.2) is 18.2 Å². The SMILES string of the molecule is NC(CCOCC(F)F)Cc1ccc(Cl)cc1F. The van der Waals surface area contributed by atoms with Gasteiger partial charge in [0.15, 0.2) is 0 Å². The highest BCUT2D eigenvalue weighted by Crippen LogP contribution is 2.16. The van der Waals surface area contributed by atoms with Crippen molar-refractivity contribution in [1.29, 1.82) is 0 Å². The van der Waals surface area contributed by atoms with Crippen molar-refractivity contribution in [2.45, 2.75) is 25.3 Å². The molecular formula is C12H15ClF3NO. The van der Waals surface area contributed by atoms with Gasteiger partial charge in [0.05, 0.1) is 0 Å². The van der Waals surface area contributed by atoms with Gasteiger partial charge in [-0.2, -0.15) is 0 Å². The average molecular weight is 282 g/mol. The maximum Gasteiger partial charge on any atom is 0.261 e. The first kappa shape index (κ1) is 15.3. The van der Waals surface area contributed by atoms with Crippen LogP contribution in [0.3, 0.4) is 0 Å². The molecule has 0 heterocycles. The van der Waals surface area contributed by atoms with Crippen LogP contribution in [-0.4, -0.2) is 25.7 Å². The zero-order valence-electron chi connectivity index (χ0n) is 9.71. The third kappa shape index (κ3) is 5.71. The highest BCUT2D eigenvalue weighted by Gasteiger charge is 2.09. The van der Waals surface area contributed by atoms with Gasteiger partial charge in [-0.15, -0.1) is 0 Å². The summed E-state index contributed by atoms with van der Waals surface area (Å²) in [4.78, 5) is 0. The molecule has 0 bridgehead atoms. The van der Waals surface area contributed by atoms with E-state index >= 15 is 0 Å². The lowest BCUT2D eigenvalue weighted by Crippen LogP contribution is -2.25. The van der Waals surface area contributed by atoms with Crippen LogP contribution in [0, 0.1) is 5.82 Å². The minimum atomic E-state index is -2.48. The minimum absolute atomic E-state index is 0.140. The molecule has 0 amide bonds. The van der Waals surface area contributed by atoms with Gasteiger partial charge < -0.3 is 10.5 Å². The second-order valence-corrected chi connectivity index (χ2v) is 4.39. The Balaban J connectivity index is 2.33. The smallest absolute Gasteiger partial charge is 0.261 e. The molecule has 0 saturated carbocycles. The largest absolute Gasteiger partial charge is 0.375 e. The summed E-state index contributed by atoms with van der Waals surface area (Å²) in [6.07, 6.45) is -1.76. The van der Waals surface area contributed by atoms with Gasteiger partial charge in [0.25, 0.3) is 6.43 Å². The van der Waals surface area contributed by atoms with E-state index in [-0.39, 0.29) is 12.6 Å². The van der Waals surface area contributed by atoms with Gasteiger partial charge in [-0.05, 0) is 30.5 Å². The van der Waals surface area contributed by atoms with E-state index in [1.54, 1.807) is 12.1 Å². The molecule has 2 nitrogen and oxygen atoms in total. The molecule has 1 aromatic carbocycles. The molecule has 18 heavy (non-hydrogen) atoms. The Morgan fingerprint density at radius 3 is 2.67 bits per heavy atom. The van der Waals surface area contributed by atoms with Gasteiger partial charge in [0, 0.05) is 17.7 Å². The highest BCUT2D eigenvalue weighted by atomic mass is 35.5. The first-order valence-corrected chi connectivity index (χ1v) is 5.92. The Bertz CT molecular complexity index is 376. The molecular weight excluding hydrogens is 267 g/mol. The molecule has 6 heteroatoms. The lowest BCUT2D eigenvalue weighted by Gasteiger charge is -2.12. The van der Waals surface area contributed by atoms with Crippen molar-refractivity contribution in [3.63, 3.8) is 0 Å². The van der Waals surface area contributed by atoms with Gasteiger partial charge in [0.2, 0.25) is 0 Å². The molecule has 0 aliphatic carbocycles. The average Bonchev–Trinajstić information content (AvgIpc) is 2.28. The molecule has 1 unspecified atom stereocenters. The molecule has 102 valence electrons. The highest BCUT2D eigenvalue weighted by molar-refractivity contribution is 6.30. The molecule has 0 saturated heterocycles. The van der Waals surface area contributed by atoms with Crippen LogP contribution in [0.25, 0.3) is 0 Å². The summed E-state index contributed by atoms with van der Waals surface area (Å²) < 4.78 is 41.7. The number of rotatable bonds is 7. The van der Waals surface area contributed by atoms with E-state index in [9.17, 15) is 13.2 Å². The van der Waals surface area contributed by atoms with Crippen LogP contribution in [-0.2, 0) is 11.2 Å². The Morgan fingerprint density at radius 1 is 1.33 bits per heavy atom. The van der Waals surface area contributed by atoms with Crippen LogP contribution in [0.1, 0.15) is 12.0 Å². The van der Waals surface area contributed by atoms with Crippen molar-refractivity contribution in [2.75, 3.05) is 13.2 Å². The van der Waals surface area contributed by atoms with Gasteiger partial charge in [-0.25, -0.2) is 13.2 Å². The van der Waals surface area contributed by atoms with Gasteiger partial charge in [-0.3, -0.25) is 0 Å². The number of ether oxygens (including phenoxy) is 1. The summed E-state index contributed by atoms with van der Waals surface area (Å²) in [6.45, 7) is -0.456. The Morgan fingerprint density at radius 2 is 2.06 bits per heavy atom. The molecule has 0 spiro atoms. The summed E-state index contributed by atoms with van der Waals surface area (Å²) in [6, 6.07) is 4.03. The van der Waals surface area contributed by atoms with Crippen LogP contribution in [0.4, 0.5) is 13.2 Å². The predicted octanol–water partition coefficient (Wildman–Crippen LogP) is 3.02. The van der Waals surface area contributed by atoms with Gasteiger partial charge >= 0.3 is 0 Å². The van der Waals surface area contributed by atoms with Gasteiger partial charge in [0.1, 0.15) is 12.4 Å². The first-order chi connectivity index (χ1) is 8.49. The molecule has 0 fully saturated rings. The molecule has 1 atom stereocenters. The molecule has 2 N–H and O–H groups in total. The van der Waals surface area contributed by atoms with E-state index in [0.717, 1.165) is 0 Å². The third-order valence-corrected chi connectivity index (χ3v) is 2.61. The van der Waals surface area contributed by atoms with E-state index in [4.69, 9.17) is 22.1 Å². The fourth-order valence-corrected chi connectivity index (χ4v) is 1.64. The normalized spacial score (nSPS) is 13.0. The van der Waals surface area contributed by atoms with Crippen LogP contribution in [0.5, 0.6) is 0 Å². The fraction of sp³-hybridized carbons (Fsp3) is 0.500. The third-order valence-electron chi connectivity index (χ3n) is 2.37. The predicted molar refractivity (Wildman–Crippen MR) is 64.5 cm³/mol. The number of hydrogen-bond acceptors (Lipinski definition) is 2. The van der Waals surface area contributed by atoms with E-state index in [1.165, 1.54) is 6.07 Å². The van der Waals surface area contributed by atoms with Gasteiger partial charge in [-0.1, -0.05) is 17.7 Å². The minimum Gasteiger partial charge on any atom is -0.375 e. The number of benzene rings is 1. The van der Waals surface area contributed by atoms with Crippen molar-refractivity contribution >= 4 is 11.6 Å². The van der Waals surface area contributed by atoms with Crippen molar-refractivity contribution < 1.29 is 17.9 Å². The Kier molecular flexibility index (Phi) is 6.46. The van der Waals surface area contributed by atoms with Crippen LogP contribution >= 0.6 is 11.6 Å². The molecule has 0 aromatic heterocycles. The van der Waals surface area contributed by atoms with Crippen molar-refractivity contribution in [2.24, 2.45) is 5.73 Å². The molecule has 0 radical (unpaired) electrons. The number of hydrogen-bond donors (Lipinski definition) is 1. The number of halogens is 4. The van der Waals surface area contributed by atoms with Crippen molar-refractivity contribution in [1.82, 2.24) is 0 Å². The maximum absolute atomic E-state index is 13.4. The van der Waals surface area contributed by atoms with E-state index in [1.807, 2.05) is 0 Å². The lowest BCUT2D eigenvalue weighted by molar-refractivity contribution is 0.0152. The molecule has 0 aliphatic heterocycles. The first-order valence-electron chi connectivity index (χ1n) is 5.54. The fourth-order valence-electron chi connectivity index (χ4n) is 1.48. The molecule has 1 aromatic rings. The summed E-state index contributed by atoms with van der Waals surface area (Å²) in [7, 11) is 0. The van der Waals surface area contributed by atoms with E-state index in [2.05, 4.69) is 0 Å². The van der Waals surface area contributed by atoms with E-state index < -0.39 is 18.8 Å². The molecule has 1 rings (SSSR count). The number of nitrogens with two attached hydrogens (primary N) is 1. The number of alkyl halides is 2. The Labute approximate surface area is 109 Å².